The van der Waals surface area contributed by atoms with E-state index in [0.29, 0.717) is 0 Å². The van der Waals surface area contributed by atoms with Crippen LogP contribution in [0.3, 0.4) is 0 Å². The molecule has 0 amide bonds. The summed E-state index contributed by atoms with van der Waals surface area (Å²) < 4.78 is 2.20. The Bertz CT molecular complexity index is 518. The molecular weight excluding hydrogens is 200 g/mol. The summed E-state index contributed by atoms with van der Waals surface area (Å²) in [4.78, 5) is 4.54. The SMILES string of the molecule is Cc1nc2ccccc2n1[C@H]1CCC[C@H]1O. The third-order valence-corrected chi connectivity index (χ3v) is 3.55. The summed E-state index contributed by atoms with van der Waals surface area (Å²) in [6.07, 6.45) is 2.87. The molecule has 0 spiro atoms. The van der Waals surface area contributed by atoms with Crippen LogP contribution in [0, 0.1) is 6.92 Å². The largest absolute Gasteiger partial charge is 0.391 e. The molecule has 16 heavy (non-hydrogen) atoms. The number of hydrogen-bond donors (Lipinski definition) is 1. The fourth-order valence-corrected chi connectivity index (χ4v) is 2.81. The molecule has 3 rings (SSSR count). The summed E-state index contributed by atoms with van der Waals surface area (Å²) in [5.41, 5.74) is 2.17. The van der Waals surface area contributed by atoms with Crippen LogP contribution in [-0.4, -0.2) is 20.8 Å². The van der Waals surface area contributed by atoms with Gasteiger partial charge in [-0.3, -0.25) is 0 Å². The lowest BCUT2D eigenvalue weighted by molar-refractivity contribution is 0.137. The standard InChI is InChI=1S/C13H16N2O/c1-9-14-10-5-2-3-6-11(10)15(9)12-7-4-8-13(12)16/h2-3,5-6,12-13,16H,4,7-8H2,1H3/t12-,13+/m0/s1. The molecular formula is C13H16N2O. The molecule has 3 heteroatoms. The summed E-state index contributed by atoms with van der Waals surface area (Å²) in [5.74, 6) is 1.01. The fourth-order valence-electron chi connectivity index (χ4n) is 2.81. The quantitative estimate of drug-likeness (QED) is 0.795. The molecule has 1 saturated carbocycles. The lowest BCUT2D eigenvalue weighted by Crippen LogP contribution is -2.19. The van der Waals surface area contributed by atoms with E-state index in [9.17, 15) is 5.11 Å². The minimum absolute atomic E-state index is 0.212. The summed E-state index contributed by atoms with van der Waals surface area (Å²) in [5, 5.41) is 10.00. The van der Waals surface area contributed by atoms with Gasteiger partial charge in [-0.05, 0) is 38.3 Å². The third-order valence-electron chi connectivity index (χ3n) is 3.55. The number of aliphatic hydroxyl groups excluding tert-OH is 1. The first-order valence-corrected chi connectivity index (χ1v) is 5.89. The highest BCUT2D eigenvalue weighted by Crippen LogP contribution is 2.33. The van der Waals surface area contributed by atoms with Crippen molar-refractivity contribution in [2.45, 2.75) is 38.3 Å². The monoisotopic (exact) mass is 216 g/mol. The zero-order valence-corrected chi connectivity index (χ0v) is 9.43. The van der Waals surface area contributed by atoms with Crippen molar-refractivity contribution in [3.05, 3.63) is 30.1 Å². The van der Waals surface area contributed by atoms with Crippen molar-refractivity contribution in [2.75, 3.05) is 0 Å². The second-order valence-corrected chi connectivity index (χ2v) is 4.58. The van der Waals surface area contributed by atoms with Gasteiger partial charge in [0.05, 0.1) is 23.2 Å². The van der Waals surface area contributed by atoms with Crippen molar-refractivity contribution in [1.82, 2.24) is 9.55 Å². The number of fused-ring (bicyclic) bond motifs is 1. The van der Waals surface area contributed by atoms with Crippen molar-refractivity contribution in [2.24, 2.45) is 0 Å². The average Bonchev–Trinajstić information content (AvgIpc) is 2.81. The van der Waals surface area contributed by atoms with Crippen LogP contribution in [0.4, 0.5) is 0 Å². The minimum atomic E-state index is -0.212. The molecule has 3 nitrogen and oxygen atoms in total. The van der Waals surface area contributed by atoms with Gasteiger partial charge < -0.3 is 9.67 Å². The normalized spacial score (nSPS) is 25.4. The van der Waals surface area contributed by atoms with Crippen LogP contribution in [0.15, 0.2) is 24.3 Å². The topological polar surface area (TPSA) is 38.0 Å². The molecule has 1 aliphatic carbocycles. The lowest BCUT2D eigenvalue weighted by atomic mass is 10.2. The Kier molecular flexibility index (Phi) is 2.21. The van der Waals surface area contributed by atoms with Gasteiger partial charge in [-0.2, -0.15) is 0 Å². The maximum atomic E-state index is 10.00. The van der Waals surface area contributed by atoms with Crippen molar-refractivity contribution in [3.8, 4) is 0 Å². The second kappa shape index (κ2) is 3.59. The van der Waals surface area contributed by atoms with Gasteiger partial charge >= 0.3 is 0 Å². The smallest absolute Gasteiger partial charge is 0.107 e. The van der Waals surface area contributed by atoms with E-state index in [4.69, 9.17) is 0 Å². The molecule has 1 aromatic carbocycles. The van der Waals surface area contributed by atoms with E-state index < -0.39 is 0 Å². The highest BCUT2D eigenvalue weighted by Gasteiger charge is 2.28. The van der Waals surface area contributed by atoms with Crippen molar-refractivity contribution < 1.29 is 5.11 Å². The molecule has 1 heterocycles. The Labute approximate surface area is 94.7 Å². The van der Waals surface area contributed by atoms with E-state index in [1.54, 1.807) is 0 Å². The number of hydrogen-bond acceptors (Lipinski definition) is 2. The van der Waals surface area contributed by atoms with Gasteiger partial charge in [-0.15, -0.1) is 0 Å². The van der Waals surface area contributed by atoms with Crippen molar-refractivity contribution in [3.63, 3.8) is 0 Å². The second-order valence-electron chi connectivity index (χ2n) is 4.58. The molecule has 0 saturated heterocycles. The van der Waals surface area contributed by atoms with Crippen LogP contribution < -0.4 is 0 Å². The van der Waals surface area contributed by atoms with Crippen LogP contribution in [0.25, 0.3) is 11.0 Å². The maximum absolute atomic E-state index is 10.00. The number of imidazole rings is 1. The highest BCUT2D eigenvalue weighted by molar-refractivity contribution is 5.76. The molecule has 1 aromatic heterocycles. The Hall–Kier alpha value is -1.35. The first kappa shape index (κ1) is 9.85. The van der Waals surface area contributed by atoms with Crippen LogP contribution >= 0.6 is 0 Å². The average molecular weight is 216 g/mol. The van der Waals surface area contributed by atoms with E-state index in [2.05, 4.69) is 15.6 Å². The number of aromatic nitrogens is 2. The molecule has 84 valence electrons. The van der Waals surface area contributed by atoms with Crippen molar-refractivity contribution in [1.29, 1.82) is 0 Å². The van der Waals surface area contributed by atoms with Gasteiger partial charge in [0.25, 0.3) is 0 Å². The van der Waals surface area contributed by atoms with Gasteiger partial charge in [0.1, 0.15) is 5.82 Å². The Morgan fingerprint density at radius 1 is 1.31 bits per heavy atom. The van der Waals surface area contributed by atoms with Crippen LogP contribution in [-0.2, 0) is 0 Å². The predicted molar refractivity (Wildman–Crippen MR) is 63.4 cm³/mol. The summed E-state index contributed by atoms with van der Waals surface area (Å²) in [6, 6.07) is 8.36. The molecule has 1 N–H and O–H groups in total. The minimum Gasteiger partial charge on any atom is -0.391 e. The fraction of sp³-hybridized carbons (Fsp3) is 0.462. The molecule has 0 radical (unpaired) electrons. The Morgan fingerprint density at radius 3 is 2.88 bits per heavy atom. The summed E-state index contributed by atoms with van der Waals surface area (Å²) in [6.45, 7) is 2.02. The third kappa shape index (κ3) is 1.35. The summed E-state index contributed by atoms with van der Waals surface area (Å²) >= 11 is 0. The predicted octanol–water partition coefficient (Wildman–Crippen LogP) is 2.43. The lowest BCUT2D eigenvalue weighted by Gasteiger charge is -2.18. The first-order valence-electron chi connectivity index (χ1n) is 5.89. The zero-order chi connectivity index (χ0) is 11.1. The van der Waals surface area contributed by atoms with Crippen LogP contribution in [0.2, 0.25) is 0 Å². The number of para-hydroxylation sites is 2. The van der Waals surface area contributed by atoms with Crippen molar-refractivity contribution >= 4 is 11.0 Å². The molecule has 0 bridgehead atoms. The van der Waals surface area contributed by atoms with Gasteiger partial charge in [0, 0.05) is 0 Å². The van der Waals surface area contributed by atoms with Gasteiger partial charge in [-0.1, -0.05) is 12.1 Å². The van der Waals surface area contributed by atoms with Gasteiger partial charge in [0.2, 0.25) is 0 Å². The Morgan fingerprint density at radius 2 is 2.12 bits per heavy atom. The molecule has 2 aromatic rings. The van der Waals surface area contributed by atoms with E-state index in [1.807, 2.05) is 25.1 Å². The van der Waals surface area contributed by atoms with Crippen LogP contribution in [0.5, 0.6) is 0 Å². The van der Waals surface area contributed by atoms with E-state index >= 15 is 0 Å². The van der Waals surface area contributed by atoms with E-state index in [-0.39, 0.29) is 12.1 Å². The number of aliphatic hydroxyl groups is 1. The first-order chi connectivity index (χ1) is 7.77. The zero-order valence-electron chi connectivity index (χ0n) is 9.43. The number of benzene rings is 1. The van der Waals surface area contributed by atoms with E-state index in [0.717, 1.165) is 36.1 Å². The molecule has 0 unspecified atom stereocenters. The summed E-state index contributed by atoms with van der Waals surface area (Å²) in [7, 11) is 0. The van der Waals surface area contributed by atoms with Gasteiger partial charge in [0.15, 0.2) is 0 Å². The molecule has 2 atom stereocenters. The number of rotatable bonds is 1. The highest BCUT2D eigenvalue weighted by atomic mass is 16.3. The van der Waals surface area contributed by atoms with E-state index in [1.165, 1.54) is 0 Å². The number of aryl methyl sites for hydroxylation is 1. The molecule has 0 aliphatic heterocycles. The molecule has 1 aliphatic rings. The maximum Gasteiger partial charge on any atom is 0.107 e. The Balaban J connectivity index is 2.18. The van der Waals surface area contributed by atoms with Crippen LogP contribution in [0.1, 0.15) is 31.1 Å². The molecule has 1 fully saturated rings. The van der Waals surface area contributed by atoms with Gasteiger partial charge in [-0.25, -0.2) is 4.98 Å². The number of nitrogens with zero attached hydrogens (tertiary/aromatic N) is 2.